The fraction of sp³-hybridized carbons (Fsp3) is 0.909. The molecule has 0 bridgehead atoms. The van der Waals surface area contributed by atoms with Crippen molar-refractivity contribution >= 4 is 49.1 Å². The van der Waals surface area contributed by atoms with Gasteiger partial charge < -0.3 is 26.4 Å². The van der Waals surface area contributed by atoms with E-state index in [1.807, 2.05) is 18.7 Å². The zero-order valence-electron chi connectivity index (χ0n) is 35.4. The van der Waals surface area contributed by atoms with Gasteiger partial charge in [0.15, 0.2) is 0 Å². The number of unbranched alkanes of at least 4 members (excludes halogenated alkanes) is 1. The quantitative estimate of drug-likeness (QED) is 0.0604. The van der Waals surface area contributed by atoms with Gasteiger partial charge in [-0.05, 0) is 150 Å². The number of esters is 1. The molecule has 0 heterocycles. The standard InChI is InChI=1S/C44H80N4O3.3ClH/c1-31(2)12-10-13-32(3)38-18-19-39-37-17-16-35-30-36(20-24-43(35,6)40(37)21-25-44(38,39)7)51-42(50)15-11-14-41(49)48(29-23-34(5)46)28-9-8-26-47-27-22-33(4)45;;;/h16,31-34,36-40,47H,8-15,17-30,45-46H2,1-7H3;3*1H/t32-,33?,34?,36+,37+,38-,39+,40+,43+,44-;;;/m1.../s1. The number of amides is 1. The molecule has 4 aliphatic carbocycles. The first-order valence-corrected chi connectivity index (χ1v) is 21.6. The van der Waals surface area contributed by atoms with Crippen molar-refractivity contribution in [1.82, 2.24) is 10.2 Å². The molecular weight excluding hydrogens is 739 g/mol. The van der Waals surface area contributed by atoms with Gasteiger partial charge >= 0.3 is 5.97 Å². The SMILES string of the molecule is CC(C)CCC[C@@H](C)[C@H]1CC[C@H]2[C@@H]3CC=C4C[C@@H](OC(=O)CCCC(=O)N(CCCCNCCC(C)N)CCC(C)N)CC[C@]4(C)[C@H]3CC[C@]12C.Cl.Cl.Cl. The van der Waals surface area contributed by atoms with E-state index in [4.69, 9.17) is 16.2 Å². The lowest BCUT2D eigenvalue weighted by Gasteiger charge is -2.58. The summed E-state index contributed by atoms with van der Waals surface area (Å²) in [5, 5.41) is 3.44. The van der Waals surface area contributed by atoms with Crippen molar-refractivity contribution < 1.29 is 14.3 Å². The maximum absolute atomic E-state index is 13.2. The summed E-state index contributed by atoms with van der Waals surface area (Å²) in [6.45, 7) is 19.8. The first-order valence-electron chi connectivity index (χ1n) is 21.6. The van der Waals surface area contributed by atoms with Crippen LogP contribution in [-0.2, 0) is 14.3 Å². The number of nitrogens with one attached hydrogen (secondary N) is 1. The molecule has 0 radical (unpaired) electrons. The van der Waals surface area contributed by atoms with Crippen LogP contribution < -0.4 is 16.8 Å². The van der Waals surface area contributed by atoms with Gasteiger partial charge in [0.25, 0.3) is 0 Å². The Morgan fingerprint density at radius 3 is 2.22 bits per heavy atom. The van der Waals surface area contributed by atoms with E-state index in [0.717, 1.165) is 100 Å². The van der Waals surface area contributed by atoms with Crippen LogP contribution in [0.3, 0.4) is 0 Å². The lowest BCUT2D eigenvalue weighted by Crippen LogP contribution is -2.51. The fourth-order valence-electron chi connectivity index (χ4n) is 11.3. The van der Waals surface area contributed by atoms with E-state index in [1.165, 1.54) is 51.4 Å². The average Bonchev–Trinajstić information content (AvgIpc) is 3.42. The normalized spacial score (nSPS) is 30.2. The first kappa shape index (κ1) is 51.4. The van der Waals surface area contributed by atoms with E-state index in [9.17, 15) is 9.59 Å². The van der Waals surface area contributed by atoms with Crippen LogP contribution in [0, 0.1) is 46.3 Å². The summed E-state index contributed by atoms with van der Waals surface area (Å²) in [5.74, 6) is 4.99. The minimum Gasteiger partial charge on any atom is -0.462 e. The molecule has 0 aromatic carbocycles. The average molecular weight is 823 g/mol. The summed E-state index contributed by atoms with van der Waals surface area (Å²) in [6.07, 6.45) is 21.5. The molecule has 0 saturated heterocycles. The summed E-state index contributed by atoms with van der Waals surface area (Å²) < 4.78 is 6.11. The number of fused-ring (bicyclic) bond motifs is 5. The topological polar surface area (TPSA) is 111 Å². The van der Waals surface area contributed by atoms with Gasteiger partial charge in [-0.1, -0.05) is 65.5 Å². The maximum atomic E-state index is 13.2. The molecule has 4 aliphatic rings. The largest absolute Gasteiger partial charge is 0.462 e. The molecule has 54 heavy (non-hydrogen) atoms. The lowest BCUT2D eigenvalue weighted by molar-refractivity contribution is -0.151. The van der Waals surface area contributed by atoms with E-state index in [2.05, 4.69) is 46.0 Å². The van der Waals surface area contributed by atoms with E-state index < -0.39 is 0 Å². The van der Waals surface area contributed by atoms with Crippen LogP contribution in [0.1, 0.15) is 164 Å². The van der Waals surface area contributed by atoms with Gasteiger partial charge in [0, 0.05) is 44.4 Å². The Labute approximate surface area is 350 Å². The summed E-state index contributed by atoms with van der Waals surface area (Å²) in [5.41, 5.74) is 14.2. The molecule has 7 nitrogen and oxygen atoms in total. The molecule has 318 valence electrons. The summed E-state index contributed by atoms with van der Waals surface area (Å²) in [7, 11) is 0. The highest BCUT2D eigenvalue weighted by atomic mass is 35.5. The van der Waals surface area contributed by atoms with Crippen LogP contribution in [0.4, 0.5) is 0 Å². The minimum atomic E-state index is -0.140. The van der Waals surface area contributed by atoms with Crippen LogP contribution in [0.25, 0.3) is 0 Å². The molecular formula is C44H83Cl3N4O3. The monoisotopic (exact) mass is 821 g/mol. The van der Waals surface area contributed by atoms with Crippen molar-refractivity contribution in [3.63, 3.8) is 0 Å². The van der Waals surface area contributed by atoms with Crippen LogP contribution in [0.5, 0.6) is 0 Å². The second-order valence-electron chi connectivity index (χ2n) is 18.9. The Balaban J connectivity index is 0.00000486. The highest BCUT2D eigenvalue weighted by Crippen LogP contribution is 2.67. The molecule has 1 amide bonds. The van der Waals surface area contributed by atoms with Crippen LogP contribution >= 0.6 is 37.2 Å². The Kier molecular flexibility index (Phi) is 23.2. The third kappa shape index (κ3) is 14.1. The zero-order chi connectivity index (χ0) is 37.2. The van der Waals surface area contributed by atoms with Crippen LogP contribution in [0.2, 0.25) is 0 Å². The summed E-state index contributed by atoms with van der Waals surface area (Å²) in [6, 6.07) is 0.276. The first-order chi connectivity index (χ1) is 24.2. The number of nitrogens with zero attached hydrogens (tertiary/aromatic N) is 1. The molecule has 0 aromatic heterocycles. The fourth-order valence-corrected chi connectivity index (χ4v) is 11.3. The van der Waals surface area contributed by atoms with Crippen molar-refractivity contribution in [2.45, 2.75) is 182 Å². The number of carbonyl (C=O) groups is 2. The Hall–Kier alpha value is -0.570. The van der Waals surface area contributed by atoms with Crippen molar-refractivity contribution in [2.75, 3.05) is 26.2 Å². The lowest BCUT2D eigenvalue weighted by atomic mass is 9.47. The Morgan fingerprint density at radius 1 is 0.815 bits per heavy atom. The molecule has 4 rings (SSSR count). The number of carbonyl (C=O) groups excluding carboxylic acids is 2. The Bertz CT molecular complexity index is 1140. The third-order valence-electron chi connectivity index (χ3n) is 14.3. The third-order valence-corrected chi connectivity index (χ3v) is 14.3. The molecule has 3 saturated carbocycles. The number of nitrogens with two attached hydrogens (primary N) is 2. The zero-order valence-corrected chi connectivity index (χ0v) is 37.8. The summed E-state index contributed by atoms with van der Waals surface area (Å²) >= 11 is 0. The van der Waals surface area contributed by atoms with E-state index >= 15 is 0 Å². The highest BCUT2D eigenvalue weighted by Gasteiger charge is 2.59. The number of hydrogen-bond acceptors (Lipinski definition) is 6. The van der Waals surface area contributed by atoms with Gasteiger partial charge in [-0.2, -0.15) is 0 Å². The molecule has 0 aliphatic heterocycles. The van der Waals surface area contributed by atoms with Crippen molar-refractivity contribution in [1.29, 1.82) is 0 Å². The van der Waals surface area contributed by atoms with Crippen LogP contribution in [0.15, 0.2) is 11.6 Å². The number of allylic oxidation sites excluding steroid dienone is 1. The van der Waals surface area contributed by atoms with Gasteiger partial charge in [0.1, 0.15) is 6.10 Å². The number of hydrogen-bond donors (Lipinski definition) is 3. The molecule has 5 N–H and O–H groups in total. The minimum absolute atomic E-state index is 0. The second kappa shape index (κ2) is 24.4. The van der Waals surface area contributed by atoms with Gasteiger partial charge in [-0.15, -0.1) is 37.2 Å². The molecule has 3 fully saturated rings. The molecule has 10 atom stereocenters. The molecule has 0 spiro atoms. The maximum Gasteiger partial charge on any atom is 0.306 e. The van der Waals surface area contributed by atoms with Gasteiger partial charge in [0.05, 0.1) is 0 Å². The number of ether oxygens (including phenoxy) is 1. The van der Waals surface area contributed by atoms with Crippen molar-refractivity contribution in [2.24, 2.45) is 57.8 Å². The number of halogens is 3. The second-order valence-corrected chi connectivity index (χ2v) is 18.9. The van der Waals surface area contributed by atoms with Gasteiger partial charge in [-0.25, -0.2) is 0 Å². The number of rotatable bonds is 21. The van der Waals surface area contributed by atoms with Gasteiger partial charge in [0.2, 0.25) is 5.91 Å². The molecule has 2 unspecified atom stereocenters. The van der Waals surface area contributed by atoms with Crippen molar-refractivity contribution in [3.8, 4) is 0 Å². The van der Waals surface area contributed by atoms with Gasteiger partial charge in [-0.3, -0.25) is 9.59 Å². The van der Waals surface area contributed by atoms with E-state index in [1.54, 1.807) is 5.57 Å². The summed E-state index contributed by atoms with van der Waals surface area (Å²) in [4.78, 5) is 28.2. The van der Waals surface area contributed by atoms with E-state index in [0.29, 0.717) is 31.2 Å². The highest BCUT2D eigenvalue weighted by molar-refractivity contribution is 5.86. The van der Waals surface area contributed by atoms with E-state index in [-0.39, 0.29) is 72.7 Å². The predicted octanol–water partition coefficient (Wildman–Crippen LogP) is 10.0. The molecule has 0 aromatic rings. The molecule has 10 heteroatoms. The van der Waals surface area contributed by atoms with Crippen LogP contribution in [-0.4, -0.2) is 61.1 Å². The van der Waals surface area contributed by atoms with Crippen molar-refractivity contribution in [3.05, 3.63) is 11.6 Å². The Morgan fingerprint density at radius 2 is 1.54 bits per heavy atom. The smallest absolute Gasteiger partial charge is 0.306 e. The predicted molar refractivity (Wildman–Crippen MR) is 234 cm³/mol.